The van der Waals surface area contributed by atoms with Crippen LogP contribution in [0.5, 0.6) is 5.75 Å². The van der Waals surface area contributed by atoms with E-state index in [1.54, 1.807) is 14.0 Å². The van der Waals surface area contributed by atoms with Crippen molar-refractivity contribution in [3.05, 3.63) is 29.8 Å². The lowest BCUT2D eigenvalue weighted by molar-refractivity contribution is -0.118. The smallest absolute Gasteiger partial charge is 0.133 e. The van der Waals surface area contributed by atoms with E-state index < -0.39 is 0 Å². The number of Topliss-reactive ketones (excluding diaryl/α,β-unsaturated/α-hetero) is 1. The molecular formula is C12H14O2. The van der Waals surface area contributed by atoms with Crippen LogP contribution in [0.15, 0.2) is 24.3 Å². The third-order valence-electron chi connectivity index (χ3n) is 2.86. The highest BCUT2D eigenvalue weighted by atomic mass is 16.5. The summed E-state index contributed by atoms with van der Waals surface area (Å²) in [5.74, 6) is 1.90. The molecule has 14 heavy (non-hydrogen) atoms. The van der Waals surface area contributed by atoms with Crippen LogP contribution in [-0.4, -0.2) is 12.9 Å². The number of hydrogen-bond acceptors (Lipinski definition) is 2. The quantitative estimate of drug-likeness (QED) is 0.731. The van der Waals surface area contributed by atoms with Crippen LogP contribution in [0, 0.1) is 5.92 Å². The molecule has 1 aromatic rings. The van der Waals surface area contributed by atoms with Crippen LogP contribution < -0.4 is 4.74 Å². The average Bonchev–Trinajstić information content (AvgIpc) is 2.97. The number of carbonyl (C=O) groups excluding carboxylic acids is 1. The minimum atomic E-state index is 0.267. The highest BCUT2D eigenvalue weighted by Gasteiger charge is 2.41. The van der Waals surface area contributed by atoms with Crippen molar-refractivity contribution in [2.75, 3.05) is 7.11 Å². The molecule has 0 spiro atoms. The van der Waals surface area contributed by atoms with Crippen LogP contribution in [0.3, 0.4) is 0 Å². The number of methoxy groups -OCH3 is 1. The second-order valence-corrected chi connectivity index (χ2v) is 3.83. The van der Waals surface area contributed by atoms with Crippen molar-refractivity contribution in [3.63, 3.8) is 0 Å². The van der Waals surface area contributed by atoms with Gasteiger partial charge in [0.2, 0.25) is 0 Å². The molecule has 0 aliphatic heterocycles. The summed E-state index contributed by atoms with van der Waals surface area (Å²) in [5.41, 5.74) is 1.26. The van der Waals surface area contributed by atoms with Crippen LogP contribution in [-0.2, 0) is 4.79 Å². The lowest BCUT2D eigenvalue weighted by Crippen LogP contribution is -1.94. The molecule has 74 valence electrons. The van der Waals surface area contributed by atoms with E-state index in [2.05, 4.69) is 0 Å². The number of hydrogen-bond donors (Lipinski definition) is 0. The summed E-state index contributed by atoms with van der Waals surface area (Å²) in [6, 6.07) is 7.99. The molecule has 0 aromatic heterocycles. The number of benzene rings is 1. The fourth-order valence-corrected chi connectivity index (χ4v) is 1.86. The van der Waals surface area contributed by atoms with Gasteiger partial charge in [-0.2, -0.15) is 0 Å². The zero-order valence-electron chi connectivity index (χ0n) is 8.49. The summed E-state index contributed by atoms with van der Waals surface area (Å²) >= 11 is 0. The Bertz CT molecular complexity index is 340. The van der Waals surface area contributed by atoms with Gasteiger partial charge in [0.15, 0.2) is 0 Å². The summed E-state index contributed by atoms with van der Waals surface area (Å²) in [6.45, 7) is 1.67. The number of ketones is 1. The monoisotopic (exact) mass is 190 g/mol. The summed E-state index contributed by atoms with van der Waals surface area (Å²) in [4.78, 5) is 11.1. The summed E-state index contributed by atoms with van der Waals surface area (Å²) < 4.78 is 5.08. The van der Waals surface area contributed by atoms with Gasteiger partial charge in [0.1, 0.15) is 11.5 Å². The Hall–Kier alpha value is -1.31. The lowest BCUT2D eigenvalue weighted by Gasteiger charge is -2.01. The fourth-order valence-electron chi connectivity index (χ4n) is 1.86. The van der Waals surface area contributed by atoms with Crippen LogP contribution in [0.25, 0.3) is 0 Å². The Morgan fingerprint density at radius 2 is 2.00 bits per heavy atom. The standard InChI is InChI=1S/C12H14O2/c1-8(13)11-7-12(11)9-3-5-10(14-2)6-4-9/h3-6,11-12H,7H2,1-2H3/t11-,12+/m1/s1. The van der Waals surface area contributed by atoms with Crippen molar-refractivity contribution in [1.29, 1.82) is 0 Å². The summed E-state index contributed by atoms with van der Waals surface area (Å²) in [7, 11) is 1.66. The van der Waals surface area contributed by atoms with E-state index in [0.29, 0.717) is 11.7 Å². The van der Waals surface area contributed by atoms with E-state index in [-0.39, 0.29) is 5.92 Å². The number of ether oxygens (including phenoxy) is 1. The number of carbonyl (C=O) groups is 1. The van der Waals surface area contributed by atoms with Crippen molar-refractivity contribution in [3.8, 4) is 5.75 Å². The lowest BCUT2D eigenvalue weighted by atomic mass is 10.1. The van der Waals surface area contributed by atoms with Crippen LogP contribution in [0.4, 0.5) is 0 Å². The summed E-state index contributed by atoms with van der Waals surface area (Å²) in [5, 5.41) is 0. The SMILES string of the molecule is COc1ccc([C@@H]2C[C@@H]2C(C)=O)cc1. The molecule has 0 unspecified atom stereocenters. The van der Waals surface area contributed by atoms with E-state index in [0.717, 1.165) is 12.2 Å². The third kappa shape index (κ3) is 1.65. The zero-order chi connectivity index (χ0) is 10.1. The normalized spacial score (nSPS) is 24.4. The number of rotatable bonds is 3. The topological polar surface area (TPSA) is 26.3 Å². The maximum Gasteiger partial charge on any atom is 0.133 e. The Morgan fingerprint density at radius 1 is 1.36 bits per heavy atom. The molecular weight excluding hydrogens is 176 g/mol. The van der Waals surface area contributed by atoms with E-state index >= 15 is 0 Å². The van der Waals surface area contributed by atoms with E-state index in [4.69, 9.17) is 4.74 Å². The van der Waals surface area contributed by atoms with Crippen molar-refractivity contribution in [1.82, 2.24) is 0 Å². The molecule has 0 radical (unpaired) electrons. The van der Waals surface area contributed by atoms with Gasteiger partial charge in [-0.15, -0.1) is 0 Å². The van der Waals surface area contributed by atoms with Crippen molar-refractivity contribution >= 4 is 5.78 Å². The molecule has 1 aliphatic rings. The van der Waals surface area contributed by atoms with Crippen LogP contribution in [0.1, 0.15) is 24.8 Å². The van der Waals surface area contributed by atoms with E-state index in [9.17, 15) is 4.79 Å². The Balaban J connectivity index is 2.08. The maximum absolute atomic E-state index is 11.1. The molecule has 2 heteroatoms. The minimum Gasteiger partial charge on any atom is -0.497 e. The van der Waals surface area contributed by atoms with Crippen LogP contribution >= 0.6 is 0 Å². The maximum atomic E-state index is 11.1. The molecule has 2 nitrogen and oxygen atoms in total. The van der Waals surface area contributed by atoms with Gasteiger partial charge in [0.25, 0.3) is 0 Å². The van der Waals surface area contributed by atoms with Crippen molar-refractivity contribution in [2.24, 2.45) is 5.92 Å². The van der Waals surface area contributed by atoms with Gasteiger partial charge >= 0.3 is 0 Å². The van der Waals surface area contributed by atoms with Gasteiger partial charge < -0.3 is 4.74 Å². The largest absolute Gasteiger partial charge is 0.497 e. The predicted octanol–water partition coefficient (Wildman–Crippen LogP) is 2.39. The zero-order valence-corrected chi connectivity index (χ0v) is 8.49. The molecule has 2 rings (SSSR count). The highest BCUT2D eigenvalue weighted by Crippen LogP contribution is 2.48. The molecule has 0 bridgehead atoms. The third-order valence-corrected chi connectivity index (χ3v) is 2.86. The molecule has 0 N–H and O–H groups in total. The van der Waals surface area contributed by atoms with Gasteiger partial charge in [0, 0.05) is 5.92 Å². The first-order valence-electron chi connectivity index (χ1n) is 4.87. The molecule has 1 fully saturated rings. The van der Waals surface area contributed by atoms with Crippen molar-refractivity contribution < 1.29 is 9.53 Å². The Kier molecular flexibility index (Phi) is 2.28. The van der Waals surface area contributed by atoms with E-state index in [1.165, 1.54) is 5.56 Å². The van der Waals surface area contributed by atoms with Gasteiger partial charge in [0.05, 0.1) is 7.11 Å². The Morgan fingerprint density at radius 3 is 2.43 bits per heavy atom. The molecule has 1 saturated carbocycles. The predicted molar refractivity (Wildman–Crippen MR) is 54.5 cm³/mol. The second-order valence-electron chi connectivity index (χ2n) is 3.83. The first kappa shape index (κ1) is 9.25. The van der Waals surface area contributed by atoms with Gasteiger partial charge in [-0.1, -0.05) is 12.1 Å². The summed E-state index contributed by atoms with van der Waals surface area (Å²) in [6.07, 6.45) is 1.02. The van der Waals surface area contributed by atoms with Gasteiger partial charge in [-0.3, -0.25) is 4.79 Å². The fraction of sp³-hybridized carbons (Fsp3) is 0.417. The molecule has 0 saturated heterocycles. The first-order valence-corrected chi connectivity index (χ1v) is 4.87. The molecule has 1 aromatic carbocycles. The van der Waals surface area contributed by atoms with Gasteiger partial charge in [-0.05, 0) is 37.0 Å². The molecule has 0 amide bonds. The molecule has 0 heterocycles. The molecule has 1 aliphatic carbocycles. The van der Waals surface area contributed by atoms with Crippen molar-refractivity contribution in [2.45, 2.75) is 19.3 Å². The molecule has 2 atom stereocenters. The average molecular weight is 190 g/mol. The van der Waals surface area contributed by atoms with E-state index in [1.807, 2.05) is 24.3 Å². The minimum absolute atomic E-state index is 0.267. The van der Waals surface area contributed by atoms with Crippen LogP contribution in [0.2, 0.25) is 0 Å². The Labute approximate surface area is 83.9 Å². The highest BCUT2D eigenvalue weighted by molar-refractivity contribution is 5.82. The first-order chi connectivity index (χ1) is 6.72. The van der Waals surface area contributed by atoms with Gasteiger partial charge in [-0.25, -0.2) is 0 Å². The second kappa shape index (κ2) is 3.45.